The molecule has 1 aliphatic heterocycles. The Balaban J connectivity index is 1.96. The Morgan fingerprint density at radius 2 is 2.05 bits per heavy atom. The van der Waals surface area contributed by atoms with Crippen molar-refractivity contribution in [2.24, 2.45) is 5.14 Å². The van der Waals surface area contributed by atoms with E-state index < -0.39 is 10.0 Å². The Bertz CT molecular complexity index is 562. The summed E-state index contributed by atoms with van der Waals surface area (Å²) >= 11 is 3.42. The SMILES string of the molecule is NS(=O)(=O)CCNCc1cc(Br)c2c(c1)OCCO2. The lowest BCUT2D eigenvalue weighted by molar-refractivity contribution is 0.170. The van der Waals surface area contributed by atoms with Crippen LogP contribution in [0.1, 0.15) is 5.56 Å². The summed E-state index contributed by atoms with van der Waals surface area (Å²) in [7, 11) is -3.42. The van der Waals surface area contributed by atoms with E-state index in [1.54, 1.807) is 0 Å². The molecule has 1 heterocycles. The number of primary sulfonamides is 1. The average molecular weight is 351 g/mol. The Kier molecular flexibility index (Phi) is 4.67. The van der Waals surface area contributed by atoms with E-state index in [2.05, 4.69) is 21.2 Å². The minimum Gasteiger partial charge on any atom is -0.486 e. The summed E-state index contributed by atoms with van der Waals surface area (Å²) < 4.78 is 33.4. The molecule has 6 nitrogen and oxygen atoms in total. The first-order valence-electron chi connectivity index (χ1n) is 5.75. The lowest BCUT2D eigenvalue weighted by Crippen LogP contribution is -2.26. The van der Waals surface area contributed by atoms with Crippen LogP contribution in [-0.2, 0) is 16.6 Å². The number of ether oxygens (including phenoxy) is 2. The Morgan fingerprint density at radius 1 is 1.32 bits per heavy atom. The number of nitrogens with one attached hydrogen (secondary N) is 1. The van der Waals surface area contributed by atoms with E-state index >= 15 is 0 Å². The molecule has 0 unspecified atom stereocenters. The number of nitrogens with two attached hydrogens (primary N) is 1. The van der Waals surface area contributed by atoms with Crippen molar-refractivity contribution >= 4 is 26.0 Å². The van der Waals surface area contributed by atoms with Crippen LogP contribution in [0.5, 0.6) is 11.5 Å². The van der Waals surface area contributed by atoms with Gasteiger partial charge in [-0.3, -0.25) is 0 Å². The zero-order chi connectivity index (χ0) is 13.9. The molecule has 106 valence electrons. The van der Waals surface area contributed by atoms with Gasteiger partial charge in [0.25, 0.3) is 0 Å². The summed E-state index contributed by atoms with van der Waals surface area (Å²) in [6, 6.07) is 3.79. The molecule has 0 aliphatic carbocycles. The van der Waals surface area contributed by atoms with E-state index in [1.807, 2.05) is 12.1 Å². The Labute approximate surface area is 120 Å². The van der Waals surface area contributed by atoms with Gasteiger partial charge in [0.1, 0.15) is 13.2 Å². The van der Waals surface area contributed by atoms with Gasteiger partial charge in [-0.15, -0.1) is 0 Å². The molecule has 0 amide bonds. The summed E-state index contributed by atoms with van der Waals surface area (Å²) in [6.45, 7) is 1.91. The van der Waals surface area contributed by atoms with Crippen molar-refractivity contribution < 1.29 is 17.9 Å². The van der Waals surface area contributed by atoms with Gasteiger partial charge in [-0.2, -0.15) is 0 Å². The Hall–Kier alpha value is -0.830. The molecule has 0 saturated carbocycles. The van der Waals surface area contributed by atoms with Crippen molar-refractivity contribution in [3.8, 4) is 11.5 Å². The Morgan fingerprint density at radius 3 is 2.79 bits per heavy atom. The second-order valence-electron chi connectivity index (χ2n) is 4.15. The fourth-order valence-corrected chi connectivity index (χ4v) is 2.75. The van der Waals surface area contributed by atoms with E-state index in [0.717, 1.165) is 10.0 Å². The molecular weight excluding hydrogens is 336 g/mol. The summed E-state index contributed by atoms with van der Waals surface area (Å²) in [5.74, 6) is 1.32. The lowest BCUT2D eigenvalue weighted by Gasteiger charge is -2.20. The van der Waals surface area contributed by atoms with E-state index in [1.165, 1.54) is 0 Å². The van der Waals surface area contributed by atoms with Gasteiger partial charge in [0.05, 0.1) is 10.2 Å². The van der Waals surface area contributed by atoms with E-state index in [4.69, 9.17) is 14.6 Å². The van der Waals surface area contributed by atoms with Gasteiger partial charge < -0.3 is 14.8 Å². The fourth-order valence-electron chi connectivity index (χ4n) is 1.71. The van der Waals surface area contributed by atoms with Crippen LogP contribution in [-0.4, -0.2) is 33.9 Å². The number of fused-ring (bicyclic) bond motifs is 1. The highest BCUT2D eigenvalue weighted by atomic mass is 79.9. The minimum absolute atomic E-state index is 0.0846. The second-order valence-corrected chi connectivity index (χ2v) is 6.73. The first-order chi connectivity index (χ1) is 8.96. The van der Waals surface area contributed by atoms with Gasteiger partial charge in [-0.25, -0.2) is 13.6 Å². The van der Waals surface area contributed by atoms with Gasteiger partial charge >= 0.3 is 0 Å². The average Bonchev–Trinajstić information content (AvgIpc) is 2.34. The first kappa shape index (κ1) is 14.6. The van der Waals surface area contributed by atoms with Gasteiger partial charge in [-0.05, 0) is 33.6 Å². The third kappa shape index (κ3) is 4.34. The van der Waals surface area contributed by atoms with Crippen LogP contribution in [0, 0.1) is 0 Å². The lowest BCUT2D eigenvalue weighted by atomic mass is 10.2. The molecule has 1 aliphatic rings. The van der Waals surface area contributed by atoms with Gasteiger partial charge in [0.2, 0.25) is 10.0 Å². The number of sulfonamides is 1. The summed E-state index contributed by atoms with van der Waals surface area (Å²) in [6.07, 6.45) is 0. The molecule has 3 N–H and O–H groups in total. The third-order valence-corrected chi connectivity index (χ3v) is 3.91. The second kappa shape index (κ2) is 6.08. The van der Waals surface area contributed by atoms with Crippen molar-refractivity contribution in [3.63, 3.8) is 0 Å². The number of halogens is 1. The molecule has 0 fully saturated rings. The van der Waals surface area contributed by atoms with Crippen molar-refractivity contribution in [1.82, 2.24) is 5.32 Å². The summed E-state index contributed by atoms with van der Waals surface area (Å²) in [4.78, 5) is 0. The minimum atomic E-state index is -3.42. The van der Waals surface area contributed by atoms with Crippen LogP contribution in [0.3, 0.4) is 0 Å². The maximum Gasteiger partial charge on any atom is 0.210 e. The van der Waals surface area contributed by atoms with Crippen LogP contribution in [0.4, 0.5) is 0 Å². The molecule has 0 atom stereocenters. The molecule has 2 rings (SSSR count). The quantitative estimate of drug-likeness (QED) is 0.758. The van der Waals surface area contributed by atoms with Crippen LogP contribution in [0.15, 0.2) is 16.6 Å². The number of hydrogen-bond acceptors (Lipinski definition) is 5. The summed E-state index contributed by atoms with van der Waals surface area (Å²) in [5, 5.41) is 7.93. The topological polar surface area (TPSA) is 90.7 Å². The van der Waals surface area contributed by atoms with Crippen LogP contribution < -0.4 is 19.9 Å². The third-order valence-electron chi connectivity index (χ3n) is 2.55. The fraction of sp³-hybridized carbons (Fsp3) is 0.455. The number of benzene rings is 1. The zero-order valence-corrected chi connectivity index (χ0v) is 12.6. The highest BCUT2D eigenvalue weighted by molar-refractivity contribution is 9.10. The highest BCUT2D eigenvalue weighted by Gasteiger charge is 2.16. The molecule has 8 heteroatoms. The maximum atomic E-state index is 10.8. The molecule has 19 heavy (non-hydrogen) atoms. The maximum absolute atomic E-state index is 10.8. The summed E-state index contributed by atoms with van der Waals surface area (Å²) in [5.41, 5.74) is 0.977. The van der Waals surface area contributed by atoms with Crippen molar-refractivity contribution in [2.45, 2.75) is 6.54 Å². The molecular formula is C11H15BrN2O4S. The van der Waals surface area contributed by atoms with Crippen molar-refractivity contribution in [2.75, 3.05) is 25.5 Å². The van der Waals surface area contributed by atoms with Gasteiger partial charge in [0.15, 0.2) is 11.5 Å². The van der Waals surface area contributed by atoms with E-state index in [9.17, 15) is 8.42 Å². The van der Waals surface area contributed by atoms with E-state index in [-0.39, 0.29) is 5.75 Å². The van der Waals surface area contributed by atoms with Crippen molar-refractivity contribution in [3.05, 3.63) is 22.2 Å². The highest BCUT2D eigenvalue weighted by Crippen LogP contribution is 2.38. The zero-order valence-electron chi connectivity index (χ0n) is 10.2. The van der Waals surface area contributed by atoms with Crippen LogP contribution >= 0.6 is 15.9 Å². The van der Waals surface area contributed by atoms with Crippen LogP contribution in [0.2, 0.25) is 0 Å². The number of hydrogen-bond donors (Lipinski definition) is 2. The monoisotopic (exact) mass is 350 g/mol. The predicted octanol–water partition coefficient (Wildman–Crippen LogP) is 0.598. The normalized spacial score (nSPS) is 14.4. The molecule has 0 spiro atoms. The molecule has 1 aromatic carbocycles. The van der Waals surface area contributed by atoms with E-state index in [0.29, 0.717) is 37.8 Å². The van der Waals surface area contributed by atoms with Gasteiger partial charge in [0, 0.05) is 13.1 Å². The molecule has 1 aromatic rings. The predicted molar refractivity (Wildman–Crippen MR) is 74.8 cm³/mol. The molecule has 0 aromatic heterocycles. The standard InChI is InChI=1S/C11H15BrN2O4S/c12-9-5-8(7-14-1-4-19(13,15)16)6-10-11(9)18-3-2-17-10/h5-6,14H,1-4,7H2,(H2,13,15,16). The molecule has 0 bridgehead atoms. The van der Waals surface area contributed by atoms with Crippen molar-refractivity contribution in [1.29, 1.82) is 0 Å². The number of rotatable bonds is 5. The smallest absolute Gasteiger partial charge is 0.210 e. The van der Waals surface area contributed by atoms with Gasteiger partial charge in [-0.1, -0.05) is 0 Å². The first-order valence-corrected chi connectivity index (χ1v) is 8.26. The molecule has 0 radical (unpaired) electrons. The van der Waals surface area contributed by atoms with Crippen LogP contribution in [0.25, 0.3) is 0 Å². The largest absolute Gasteiger partial charge is 0.486 e. The molecule has 0 saturated heterocycles.